The monoisotopic (exact) mass is 1370 g/mol. The van der Waals surface area contributed by atoms with E-state index in [4.69, 9.17) is 42.2 Å². The fraction of sp³-hybridized carbons (Fsp3) is 0.899. The lowest BCUT2D eigenvalue weighted by atomic mass is 9.84. The number of ether oxygens (including phenoxy) is 7. The van der Waals surface area contributed by atoms with Crippen LogP contribution in [-0.2, 0) is 61.2 Å². The summed E-state index contributed by atoms with van der Waals surface area (Å²) in [5.74, 6) is -2.24. The quantitative estimate of drug-likeness (QED) is 0.00675. The predicted molar refractivity (Wildman–Crippen MR) is 351 cm³/mol. The van der Waals surface area contributed by atoms with Gasteiger partial charge in [-0.3, -0.25) is 18.6 Å². The minimum atomic E-state index is -5.71. The molecule has 18 atom stereocenters. The molecule has 0 bridgehead atoms. The Labute approximate surface area is 560 Å². The van der Waals surface area contributed by atoms with Crippen molar-refractivity contribution < 1.29 is 117 Å². The zero-order chi connectivity index (χ0) is 68.9. The topological polar surface area (TPSA) is 374 Å². The molecule has 2 heterocycles. The molecule has 24 nitrogen and oxygen atoms in total. The highest BCUT2D eigenvalue weighted by molar-refractivity contribution is 7.47. The molecule has 25 heteroatoms. The standard InChI is InChI=1S/C69H125O24P/c1-4-7-10-13-16-19-22-24-25-27-30-31-34-37-40-43-53(71)85-47-50(88-55(73)45-42-39-36-33-28-21-18-15-12-9-6-3)48-87-94(83,84)93-67-65(91-68-63(81)58(76)56(74)51(46-70)89-68)61(79)60(78)62(80)66(67)92-69-64(82)59(77)57(75)52(90-69)49-86-54(72)44-41-38-35-32-29-26-23-20-17-14-11-8-5-2/h34,37,40,43,50-52,56-70,74-82H,4-33,35-36,38-39,41-42,44-49H2,1-3H3,(H,83,84)/b37-34+,43-40+. The Morgan fingerprint density at radius 3 is 1.26 bits per heavy atom. The normalized spacial score (nSPS) is 28.4. The van der Waals surface area contributed by atoms with Gasteiger partial charge in [-0.15, -0.1) is 0 Å². The van der Waals surface area contributed by atoms with E-state index >= 15 is 0 Å². The summed E-state index contributed by atoms with van der Waals surface area (Å²) in [4.78, 5) is 50.7. The number of rotatable bonds is 55. The molecule has 3 fully saturated rings. The lowest BCUT2D eigenvalue weighted by Gasteiger charge is -2.49. The minimum absolute atomic E-state index is 0.0286. The lowest BCUT2D eigenvalue weighted by Crippen LogP contribution is -2.69. The summed E-state index contributed by atoms with van der Waals surface area (Å²) < 4.78 is 64.6. The fourth-order valence-electron chi connectivity index (χ4n) is 11.9. The molecule has 1 aliphatic carbocycles. The molecule has 550 valence electrons. The number of hydrogen-bond acceptors (Lipinski definition) is 23. The van der Waals surface area contributed by atoms with Crippen LogP contribution in [0, 0.1) is 0 Å². The van der Waals surface area contributed by atoms with Crippen LogP contribution >= 0.6 is 7.82 Å². The summed E-state index contributed by atoms with van der Waals surface area (Å²) in [7, 11) is -5.71. The molecule has 3 aliphatic rings. The van der Waals surface area contributed by atoms with Crippen LogP contribution in [0.2, 0.25) is 0 Å². The van der Waals surface area contributed by atoms with Crippen molar-refractivity contribution in [2.75, 3.05) is 26.4 Å². The number of esters is 3. The largest absolute Gasteiger partial charge is 0.472 e. The molecule has 94 heavy (non-hydrogen) atoms. The van der Waals surface area contributed by atoms with Gasteiger partial charge >= 0.3 is 25.7 Å². The zero-order valence-electron chi connectivity index (χ0n) is 57.0. The summed E-state index contributed by atoms with van der Waals surface area (Å²) in [6, 6.07) is 0. The first kappa shape index (κ1) is 85.7. The van der Waals surface area contributed by atoms with Crippen molar-refractivity contribution in [3.05, 3.63) is 24.3 Å². The second kappa shape index (κ2) is 51.6. The molecule has 0 amide bonds. The number of phosphoric ester groups is 1. The third kappa shape index (κ3) is 35.0. The van der Waals surface area contributed by atoms with E-state index in [9.17, 15) is 74.9 Å². The molecule has 18 unspecified atom stereocenters. The number of phosphoric acid groups is 1. The summed E-state index contributed by atoms with van der Waals surface area (Å²) >= 11 is 0. The predicted octanol–water partition coefficient (Wildman–Crippen LogP) is 8.96. The van der Waals surface area contributed by atoms with Crippen LogP contribution in [0.1, 0.15) is 265 Å². The summed E-state index contributed by atoms with van der Waals surface area (Å²) in [6.45, 7) is 3.30. The molecular weight excluding hydrogens is 1240 g/mol. The first-order valence-corrected chi connectivity index (χ1v) is 37.7. The highest BCUT2D eigenvalue weighted by Crippen LogP contribution is 2.49. The van der Waals surface area contributed by atoms with Crippen LogP contribution in [-0.4, -0.2) is 204 Å². The number of carbonyl (C=O) groups excluding carboxylic acids is 3. The zero-order valence-corrected chi connectivity index (χ0v) is 57.9. The van der Waals surface area contributed by atoms with Crippen LogP contribution in [0.15, 0.2) is 24.3 Å². The first-order valence-electron chi connectivity index (χ1n) is 36.2. The van der Waals surface area contributed by atoms with E-state index in [0.717, 1.165) is 96.0 Å². The number of carbonyl (C=O) groups is 3. The maximum absolute atomic E-state index is 14.3. The van der Waals surface area contributed by atoms with Gasteiger partial charge in [0, 0.05) is 18.9 Å². The average molecular weight is 1370 g/mol. The number of aliphatic hydroxyl groups excluding tert-OH is 10. The van der Waals surface area contributed by atoms with E-state index in [1.165, 1.54) is 134 Å². The third-order valence-electron chi connectivity index (χ3n) is 17.8. The van der Waals surface area contributed by atoms with Gasteiger partial charge in [-0.1, -0.05) is 244 Å². The van der Waals surface area contributed by atoms with Gasteiger partial charge in [0.2, 0.25) is 0 Å². The number of aliphatic hydroxyl groups is 10. The fourth-order valence-corrected chi connectivity index (χ4v) is 12.9. The van der Waals surface area contributed by atoms with Crippen LogP contribution in [0.4, 0.5) is 0 Å². The highest BCUT2D eigenvalue weighted by Gasteiger charge is 2.58. The van der Waals surface area contributed by atoms with Crippen LogP contribution in [0.25, 0.3) is 0 Å². The maximum atomic E-state index is 14.3. The SMILES string of the molecule is CCCCCCCCCCCCC/C=C/C=C/C(=O)OCC(COP(=O)(O)OC1C(OC2OC(CO)C(O)C(O)C2O)C(O)C(O)C(O)C1OC1OC(COC(=O)CCCCCCCCCCCCCCC)C(O)C(O)C1O)OC(=O)CCCCCCCCCCCCC. The van der Waals surface area contributed by atoms with Gasteiger partial charge in [0.15, 0.2) is 18.7 Å². The van der Waals surface area contributed by atoms with Crippen LogP contribution in [0.5, 0.6) is 0 Å². The smallest absolute Gasteiger partial charge is 0.463 e. The minimum Gasteiger partial charge on any atom is -0.463 e. The molecule has 0 spiro atoms. The van der Waals surface area contributed by atoms with Crippen molar-refractivity contribution in [3.8, 4) is 0 Å². The lowest BCUT2D eigenvalue weighted by molar-refractivity contribution is -0.360. The number of unbranched alkanes of at least 4 members (excludes halogenated alkanes) is 33. The van der Waals surface area contributed by atoms with Crippen LogP contribution < -0.4 is 0 Å². The van der Waals surface area contributed by atoms with Crippen molar-refractivity contribution in [2.45, 2.75) is 369 Å². The molecule has 11 N–H and O–H groups in total. The molecule has 0 aromatic carbocycles. The van der Waals surface area contributed by atoms with E-state index in [2.05, 4.69) is 20.8 Å². The van der Waals surface area contributed by atoms with E-state index < -0.39 is 156 Å². The molecule has 0 aromatic heterocycles. The molecule has 0 aromatic rings. The Morgan fingerprint density at radius 1 is 0.436 bits per heavy atom. The second-order valence-corrected chi connectivity index (χ2v) is 27.4. The Hall–Kier alpha value is -2.56. The van der Waals surface area contributed by atoms with E-state index in [-0.39, 0.29) is 12.8 Å². The van der Waals surface area contributed by atoms with Crippen molar-refractivity contribution in [1.29, 1.82) is 0 Å². The molecule has 3 rings (SSSR count). The van der Waals surface area contributed by atoms with Gasteiger partial charge < -0.3 is 89.1 Å². The number of hydrogen-bond donors (Lipinski definition) is 11. The van der Waals surface area contributed by atoms with Gasteiger partial charge in [-0.05, 0) is 25.7 Å². The molecule has 0 radical (unpaired) electrons. The van der Waals surface area contributed by atoms with Gasteiger partial charge in [0.25, 0.3) is 0 Å². The first-order chi connectivity index (χ1) is 45.3. The van der Waals surface area contributed by atoms with Crippen LogP contribution in [0.3, 0.4) is 0 Å². The highest BCUT2D eigenvalue weighted by atomic mass is 31.2. The molecule has 2 aliphatic heterocycles. The third-order valence-corrected chi connectivity index (χ3v) is 18.8. The van der Waals surface area contributed by atoms with Gasteiger partial charge in [0.1, 0.15) is 98.7 Å². The van der Waals surface area contributed by atoms with E-state index in [1.807, 2.05) is 6.08 Å². The molecular formula is C69H125O24P. The van der Waals surface area contributed by atoms with E-state index in [0.29, 0.717) is 12.8 Å². The van der Waals surface area contributed by atoms with Crippen molar-refractivity contribution in [1.82, 2.24) is 0 Å². The van der Waals surface area contributed by atoms with E-state index in [1.54, 1.807) is 6.08 Å². The maximum Gasteiger partial charge on any atom is 0.472 e. The number of allylic oxidation sites excluding steroid dienone is 3. The van der Waals surface area contributed by atoms with Gasteiger partial charge in [-0.25, -0.2) is 9.36 Å². The average Bonchev–Trinajstić information content (AvgIpc) is 0.767. The van der Waals surface area contributed by atoms with Gasteiger partial charge in [0.05, 0.1) is 13.2 Å². The molecule has 1 saturated carbocycles. The molecule has 2 saturated heterocycles. The summed E-state index contributed by atoms with van der Waals surface area (Å²) in [6.07, 6.45) is 10.5. The second-order valence-electron chi connectivity index (χ2n) is 26.0. The van der Waals surface area contributed by atoms with Crippen molar-refractivity contribution in [3.63, 3.8) is 0 Å². The van der Waals surface area contributed by atoms with Crippen molar-refractivity contribution >= 4 is 25.7 Å². The Balaban J connectivity index is 1.77. The Bertz CT molecular complexity index is 2050. The Kier molecular flexibility index (Phi) is 47.0. The van der Waals surface area contributed by atoms with Crippen molar-refractivity contribution in [2.24, 2.45) is 0 Å². The Morgan fingerprint density at radius 2 is 0.819 bits per heavy atom. The summed E-state index contributed by atoms with van der Waals surface area (Å²) in [5, 5.41) is 110. The summed E-state index contributed by atoms with van der Waals surface area (Å²) in [5.41, 5.74) is 0. The van der Waals surface area contributed by atoms with Gasteiger partial charge in [-0.2, -0.15) is 0 Å².